The second-order valence-electron chi connectivity index (χ2n) is 9.30. The van der Waals surface area contributed by atoms with Gasteiger partial charge in [-0.3, -0.25) is 0 Å². The predicted octanol–water partition coefficient (Wildman–Crippen LogP) is 9.23. The van der Waals surface area contributed by atoms with Crippen molar-refractivity contribution < 1.29 is 0 Å². The third-order valence-corrected chi connectivity index (χ3v) is 7.87. The summed E-state index contributed by atoms with van der Waals surface area (Å²) in [6.45, 7) is 0. The average molecular weight is 400 g/mol. The molecule has 9 aromatic carbocycles. The highest BCUT2D eigenvalue weighted by Crippen LogP contribution is 2.47. The van der Waals surface area contributed by atoms with Gasteiger partial charge in [-0.25, -0.2) is 0 Å². The highest BCUT2D eigenvalue weighted by atomic mass is 14.2. The van der Waals surface area contributed by atoms with Crippen LogP contribution in [0.2, 0.25) is 0 Å². The quantitative estimate of drug-likeness (QED) is 0.238. The van der Waals surface area contributed by atoms with E-state index in [1.807, 2.05) is 0 Å². The van der Waals surface area contributed by atoms with Crippen molar-refractivity contribution in [3.63, 3.8) is 0 Å². The van der Waals surface area contributed by atoms with Crippen LogP contribution in [-0.4, -0.2) is 0 Å². The van der Waals surface area contributed by atoms with Gasteiger partial charge >= 0.3 is 0 Å². The first-order chi connectivity index (χ1) is 15.9. The van der Waals surface area contributed by atoms with Crippen molar-refractivity contribution >= 4 is 86.2 Å². The lowest BCUT2D eigenvalue weighted by molar-refractivity contribution is 1.83. The van der Waals surface area contributed by atoms with Gasteiger partial charge < -0.3 is 0 Å². The van der Waals surface area contributed by atoms with Crippen LogP contribution >= 0.6 is 0 Å². The number of hydrogen-bond acceptors (Lipinski definition) is 0. The van der Waals surface area contributed by atoms with Gasteiger partial charge in [0.05, 0.1) is 0 Å². The molecule has 9 rings (SSSR count). The monoisotopic (exact) mass is 400 g/mol. The Kier molecular flexibility index (Phi) is 2.44. The van der Waals surface area contributed by atoms with Crippen LogP contribution in [0.1, 0.15) is 0 Å². The molecular formula is C32H16. The first-order valence-electron chi connectivity index (χ1n) is 11.3. The molecular weight excluding hydrogens is 384 g/mol. The molecule has 9 aromatic rings. The van der Waals surface area contributed by atoms with E-state index in [0.29, 0.717) is 0 Å². The Labute approximate surface area is 183 Å². The van der Waals surface area contributed by atoms with Crippen molar-refractivity contribution in [2.24, 2.45) is 0 Å². The van der Waals surface area contributed by atoms with Crippen molar-refractivity contribution in [1.29, 1.82) is 0 Å². The van der Waals surface area contributed by atoms with Gasteiger partial charge in [-0.05, 0) is 98.3 Å². The summed E-state index contributed by atoms with van der Waals surface area (Å²) in [7, 11) is 0. The minimum atomic E-state index is 1.33. The molecule has 0 heteroatoms. The average Bonchev–Trinajstić information content (AvgIpc) is 3.34. The molecule has 0 aliphatic carbocycles. The topological polar surface area (TPSA) is 0 Å². The third kappa shape index (κ3) is 1.60. The Morgan fingerprint density at radius 1 is 0.250 bits per heavy atom. The molecule has 0 saturated heterocycles. The van der Waals surface area contributed by atoms with E-state index in [1.165, 1.54) is 86.2 Å². The lowest BCUT2D eigenvalue weighted by Crippen LogP contribution is -1.78. The van der Waals surface area contributed by atoms with E-state index in [-0.39, 0.29) is 0 Å². The standard InChI is InChI=1S/C32H16/c1-3-17-7-11-21-25-15-27-23-13-9-19-5-2-6-20-10-14-24(32(23)30(19)20)28(27)16-26(25)22-12-8-18(4-1)29(17)31(21)22/h1-16H. The molecule has 0 spiro atoms. The molecule has 0 radical (unpaired) electrons. The van der Waals surface area contributed by atoms with Gasteiger partial charge in [-0.15, -0.1) is 0 Å². The van der Waals surface area contributed by atoms with Crippen LogP contribution in [0.4, 0.5) is 0 Å². The van der Waals surface area contributed by atoms with Crippen LogP contribution in [0.5, 0.6) is 0 Å². The first kappa shape index (κ1) is 15.6. The molecule has 0 N–H and O–H groups in total. The zero-order valence-corrected chi connectivity index (χ0v) is 17.2. The largest absolute Gasteiger partial charge is 0.0610 e. The fraction of sp³-hybridized carbons (Fsp3) is 0. The Balaban J connectivity index is 1.58. The molecule has 0 heterocycles. The van der Waals surface area contributed by atoms with Gasteiger partial charge in [0, 0.05) is 0 Å². The number of rotatable bonds is 0. The van der Waals surface area contributed by atoms with E-state index >= 15 is 0 Å². The number of hydrogen-bond donors (Lipinski definition) is 0. The van der Waals surface area contributed by atoms with Crippen molar-refractivity contribution in [2.75, 3.05) is 0 Å². The zero-order valence-electron chi connectivity index (χ0n) is 17.2. The molecule has 144 valence electrons. The fourth-order valence-corrected chi connectivity index (χ4v) is 6.55. The maximum absolute atomic E-state index is 2.46. The van der Waals surface area contributed by atoms with Crippen LogP contribution in [-0.2, 0) is 0 Å². The number of fused-ring (bicyclic) bond motifs is 6. The third-order valence-electron chi connectivity index (χ3n) is 7.87. The Morgan fingerprint density at radius 2 is 0.562 bits per heavy atom. The van der Waals surface area contributed by atoms with E-state index < -0.39 is 0 Å². The lowest BCUT2D eigenvalue weighted by atomic mass is 9.97. The molecule has 0 aliphatic heterocycles. The molecule has 0 bridgehead atoms. The van der Waals surface area contributed by atoms with Crippen LogP contribution in [0.15, 0.2) is 97.1 Å². The van der Waals surface area contributed by atoms with Crippen molar-refractivity contribution in [3.05, 3.63) is 97.1 Å². The van der Waals surface area contributed by atoms with Gasteiger partial charge in [0.15, 0.2) is 0 Å². The molecule has 0 amide bonds. The van der Waals surface area contributed by atoms with Gasteiger partial charge in [0.1, 0.15) is 0 Å². The Morgan fingerprint density at radius 3 is 0.875 bits per heavy atom. The van der Waals surface area contributed by atoms with Crippen molar-refractivity contribution in [1.82, 2.24) is 0 Å². The Bertz CT molecular complexity index is 1880. The zero-order chi connectivity index (χ0) is 20.6. The highest BCUT2D eigenvalue weighted by Gasteiger charge is 2.19. The van der Waals surface area contributed by atoms with E-state index in [2.05, 4.69) is 97.1 Å². The Hall–Kier alpha value is -4.16. The molecule has 0 saturated carbocycles. The minimum Gasteiger partial charge on any atom is -0.0610 e. The minimum absolute atomic E-state index is 1.33. The van der Waals surface area contributed by atoms with Gasteiger partial charge in [-0.1, -0.05) is 84.9 Å². The predicted molar refractivity (Wildman–Crippen MR) is 140 cm³/mol. The van der Waals surface area contributed by atoms with Crippen LogP contribution in [0.25, 0.3) is 86.2 Å². The molecule has 0 nitrogen and oxygen atoms in total. The normalized spacial score (nSPS) is 13.0. The number of benzene rings is 7. The summed E-state index contributed by atoms with van der Waals surface area (Å²) in [5, 5.41) is 22.0. The summed E-state index contributed by atoms with van der Waals surface area (Å²) in [5.74, 6) is 0. The summed E-state index contributed by atoms with van der Waals surface area (Å²) in [6.07, 6.45) is 0. The van der Waals surface area contributed by atoms with E-state index in [1.54, 1.807) is 0 Å². The van der Waals surface area contributed by atoms with Crippen LogP contribution in [0, 0.1) is 0 Å². The van der Waals surface area contributed by atoms with Crippen molar-refractivity contribution in [3.8, 4) is 0 Å². The molecule has 0 aromatic heterocycles. The van der Waals surface area contributed by atoms with Crippen LogP contribution in [0.3, 0.4) is 0 Å². The first-order valence-corrected chi connectivity index (χ1v) is 11.3. The molecule has 0 atom stereocenters. The van der Waals surface area contributed by atoms with Gasteiger partial charge in [0.2, 0.25) is 0 Å². The smallest absolute Gasteiger partial charge is 0.00143 e. The molecule has 0 aliphatic rings. The second-order valence-corrected chi connectivity index (χ2v) is 9.30. The second kappa shape index (κ2) is 5.00. The van der Waals surface area contributed by atoms with E-state index in [4.69, 9.17) is 0 Å². The van der Waals surface area contributed by atoms with E-state index in [9.17, 15) is 0 Å². The molecule has 0 fully saturated rings. The van der Waals surface area contributed by atoms with E-state index in [0.717, 1.165) is 0 Å². The van der Waals surface area contributed by atoms with Gasteiger partial charge in [0.25, 0.3) is 0 Å². The van der Waals surface area contributed by atoms with Crippen LogP contribution < -0.4 is 0 Å². The summed E-state index contributed by atoms with van der Waals surface area (Å²) < 4.78 is 0. The highest BCUT2D eigenvalue weighted by molar-refractivity contribution is 6.41. The molecule has 0 unspecified atom stereocenters. The summed E-state index contributed by atoms with van der Waals surface area (Å²) >= 11 is 0. The van der Waals surface area contributed by atoms with Crippen molar-refractivity contribution in [2.45, 2.75) is 0 Å². The summed E-state index contributed by atoms with van der Waals surface area (Å²) in [4.78, 5) is 0. The maximum atomic E-state index is 2.46. The summed E-state index contributed by atoms with van der Waals surface area (Å²) in [5.41, 5.74) is 0. The lowest BCUT2D eigenvalue weighted by Gasteiger charge is -2.06. The molecule has 32 heavy (non-hydrogen) atoms. The summed E-state index contributed by atoms with van der Waals surface area (Å²) in [6, 6.07) is 36.7. The SMILES string of the molecule is c1cc2ccc3c4cc5c(cc4c4ccc(c1)c2c34)c1ccc2cccc3ccc5c1c32. The van der Waals surface area contributed by atoms with Gasteiger partial charge in [-0.2, -0.15) is 0 Å². The maximum Gasteiger partial charge on any atom is -0.00143 e. The fourth-order valence-electron chi connectivity index (χ4n) is 6.55.